The fraction of sp³-hybridized carbons (Fsp3) is 0.533. The van der Waals surface area contributed by atoms with Gasteiger partial charge < -0.3 is 5.32 Å². The standard InChI is InChI=1S/C15H21BrN2O3/c1-10-9-11(18(20)21)5-6-12(10)14(19)17-13(7-8-16)15(2,3)4/h5-6,9,13H,7-8H2,1-4H3,(H,17,19). The van der Waals surface area contributed by atoms with Crippen LogP contribution in [0.2, 0.25) is 0 Å². The van der Waals surface area contributed by atoms with E-state index in [1.807, 2.05) is 0 Å². The van der Waals surface area contributed by atoms with Gasteiger partial charge in [0, 0.05) is 29.1 Å². The predicted molar refractivity (Wildman–Crippen MR) is 87.0 cm³/mol. The molecule has 21 heavy (non-hydrogen) atoms. The molecule has 5 nitrogen and oxygen atoms in total. The number of carbonyl (C=O) groups excluding carboxylic acids is 1. The number of hydrogen-bond donors (Lipinski definition) is 1. The maximum Gasteiger partial charge on any atom is 0.269 e. The van der Waals surface area contributed by atoms with Crippen LogP contribution in [0.4, 0.5) is 5.69 Å². The van der Waals surface area contributed by atoms with Crippen molar-refractivity contribution >= 4 is 27.5 Å². The summed E-state index contributed by atoms with van der Waals surface area (Å²) >= 11 is 3.40. The maximum atomic E-state index is 12.4. The summed E-state index contributed by atoms with van der Waals surface area (Å²) in [6.45, 7) is 7.92. The molecule has 0 fully saturated rings. The Bertz CT molecular complexity index is 538. The number of halogens is 1. The van der Waals surface area contributed by atoms with Crippen molar-refractivity contribution in [3.63, 3.8) is 0 Å². The highest BCUT2D eigenvalue weighted by Gasteiger charge is 2.26. The van der Waals surface area contributed by atoms with Gasteiger partial charge in [0.2, 0.25) is 0 Å². The van der Waals surface area contributed by atoms with Gasteiger partial charge in [-0.2, -0.15) is 0 Å². The van der Waals surface area contributed by atoms with Crippen LogP contribution in [0.15, 0.2) is 18.2 Å². The lowest BCUT2D eigenvalue weighted by atomic mass is 9.85. The third-order valence-corrected chi connectivity index (χ3v) is 3.87. The van der Waals surface area contributed by atoms with Crippen LogP contribution in [0.25, 0.3) is 0 Å². The predicted octanol–water partition coefficient (Wildman–Crippen LogP) is 3.83. The third kappa shape index (κ3) is 4.81. The summed E-state index contributed by atoms with van der Waals surface area (Å²) in [5, 5.41) is 14.6. The van der Waals surface area contributed by atoms with Gasteiger partial charge in [-0.05, 0) is 30.4 Å². The first-order valence-electron chi connectivity index (χ1n) is 6.78. The highest BCUT2D eigenvalue weighted by molar-refractivity contribution is 9.09. The van der Waals surface area contributed by atoms with Crippen LogP contribution in [0, 0.1) is 22.5 Å². The van der Waals surface area contributed by atoms with Crippen molar-refractivity contribution in [2.75, 3.05) is 5.33 Å². The number of nitrogens with zero attached hydrogens (tertiary/aromatic N) is 1. The Morgan fingerprint density at radius 2 is 2.05 bits per heavy atom. The molecule has 0 saturated heterocycles. The molecule has 0 aliphatic carbocycles. The summed E-state index contributed by atoms with van der Waals surface area (Å²) in [6.07, 6.45) is 0.821. The summed E-state index contributed by atoms with van der Waals surface area (Å²) in [5.41, 5.74) is 1.02. The van der Waals surface area contributed by atoms with Crippen LogP contribution < -0.4 is 5.32 Å². The number of hydrogen-bond acceptors (Lipinski definition) is 3. The van der Waals surface area contributed by atoms with Crippen LogP contribution in [0.3, 0.4) is 0 Å². The second-order valence-electron chi connectivity index (χ2n) is 6.13. The molecule has 1 amide bonds. The Kier molecular flexibility index (Phi) is 5.89. The first kappa shape index (κ1) is 17.6. The van der Waals surface area contributed by atoms with E-state index >= 15 is 0 Å². The fourth-order valence-corrected chi connectivity index (χ4v) is 2.54. The molecule has 0 radical (unpaired) electrons. The van der Waals surface area contributed by atoms with E-state index in [1.165, 1.54) is 18.2 Å². The molecule has 1 atom stereocenters. The first-order valence-corrected chi connectivity index (χ1v) is 7.91. The minimum atomic E-state index is -0.461. The molecule has 0 saturated carbocycles. The third-order valence-electron chi connectivity index (χ3n) is 3.41. The van der Waals surface area contributed by atoms with Gasteiger partial charge in [-0.3, -0.25) is 14.9 Å². The monoisotopic (exact) mass is 356 g/mol. The molecule has 0 spiro atoms. The van der Waals surface area contributed by atoms with Gasteiger partial charge in [0.1, 0.15) is 0 Å². The second kappa shape index (κ2) is 7.02. The Balaban J connectivity index is 2.95. The number of benzene rings is 1. The fourth-order valence-electron chi connectivity index (χ4n) is 2.08. The summed E-state index contributed by atoms with van der Waals surface area (Å²) in [4.78, 5) is 22.6. The SMILES string of the molecule is Cc1cc([N+](=O)[O-])ccc1C(=O)NC(CCBr)C(C)(C)C. The van der Waals surface area contributed by atoms with E-state index in [1.54, 1.807) is 6.92 Å². The minimum Gasteiger partial charge on any atom is -0.349 e. The normalized spacial score (nSPS) is 12.8. The van der Waals surface area contributed by atoms with Crippen molar-refractivity contribution in [3.05, 3.63) is 39.4 Å². The Labute approximate surface area is 133 Å². The Morgan fingerprint density at radius 3 is 2.48 bits per heavy atom. The summed E-state index contributed by atoms with van der Waals surface area (Å²) in [7, 11) is 0. The van der Waals surface area contributed by atoms with E-state index in [-0.39, 0.29) is 23.1 Å². The number of nitrogens with one attached hydrogen (secondary N) is 1. The zero-order valence-electron chi connectivity index (χ0n) is 12.8. The van der Waals surface area contributed by atoms with Gasteiger partial charge in [0.05, 0.1) is 4.92 Å². The van der Waals surface area contributed by atoms with Gasteiger partial charge in [0.15, 0.2) is 0 Å². The van der Waals surface area contributed by atoms with E-state index in [0.29, 0.717) is 11.1 Å². The summed E-state index contributed by atoms with van der Waals surface area (Å²) < 4.78 is 0. The number of nitro benzene ring substituents is 1. The van der Waals surface area contributed by atoms with Crippen molar-refractivity contribution in [2.24, 2.45) is 5.41 Å². The number of non-ortho nitro benzene ring substituents is 1. The van der Waals surface area contributed by atoms with E-state index in [2.05, 4.69) is 42.0 Å². The zero-order chi connectivity index (χ0) is 16.2. The van der Waals surface area contributed by atoms with Gasteiger partial charge in [-0.15, -0.1) is 0 Å². The van der Waals surface area contributed by atoms with Gasteiger partial charge in [-0.25, -0.2) is 0 Å². The molecule has 1 N–H and O–H groups in total. The molecule has 6 heteroatoms. The maximum absolute atomic E-state index is 12.4. The first-order chi connectivity index (χ1) is 9.66. The van der Waals surface area contributed by atoms with Gasteiger partial charge >= 0.3 is 0 Å². The van der Waals surface area contributed by atoms with E-state index in [0.717, 1.165) is 11.8 Å². The van der Waals surface area contributed by atoms with Crippen molar-refractivity contribution < 1.29 is 9.72 Å². The molecule has 0 bridgehead atoms. The van der Waals surface area contributed by atoms with Crippen molar-refractivity contribution in [3.8, 4) is 0 Å². The smallest absolute Gasteiger partial charge is 0.269 e. The lowest BCUT2D eigenvalue weighted by Gasteiger charge is -2.31. The molecular formula is C15H21BrN2O3. The van der Waals surface area contributed by atoms with Crippen molar-refractivity contribution in [1.82, 2.24) is 5.32 Å². The van der Waals surface area contributed by atoms with E-state index in [9.17, 15) is 14.9 Å². The quantitative estimate of drug-likeness (QED) is 0.494. The second-order valence-corrected chi connectivity index (χ2v) is 6.92. The molecule has 0 aliphatic heterocycles. The molecule has 0 heterocycles. The molecule has 0 aromatic heterocycles. The molecule has 1 rings (SSSR count). The summed E-state index contributed by atoms with van der Waals surface area (Å²) in [5.74, 6) is -0.191. The van der Waals surface area contributed by atoms with Crippen LogP contribution in [-0.2, 0) is 0 Å². The average Bonchev–Trinajstić information content (AvgIpc) is 2.36. The van der Waals surface area contributed by atoms with Gasteiger partial charge in [0.25, 0.3) is 11.6 Å². The average molecular weight is 357 g/mol. The van der Waals surface area contributed by atoms with Crippen LogP contribution in [-0.4, -0.2) is 22.2 Å². The van der Waals surface area contributed by atoms with Crippen molar-refractivity contribution in [1.29, 1.82) is 0 Å². The zero-order valence-corrected chi connectivity index (χ0v) is 14.4. The lowest BCUT2D eigenvalue weighted by molar-refractivity contribution is -0.384. The molecular weight excluding hydrogens is 336 g/mol. The lowest BCUT2D eigenvalue weighted by Crippen LogP contribution is -2.44. The molecule has 0 aliphatic rings. The highest BCUT2D eigenvalue weighted by Crippen LogP contribution is 2.24. The van der Waals surface area contributed by atoms with Crippen molar-refractivity contribution in [2.45, 2.75) is 40.2 Å². The number of aryl methyl sites for hydroxylation is 1. The van der Waals surface area contributed by atoms with Crippen LogP contribution >= 0.6 is 15.9 Å². The summed E-state index contributed by atoms with van der Waals surface area (Å²) in [6, 6.07) is 4.32. The van der Waals surface area contributed by atoms with Crippen LogP contribution in [0.5, 0.6) is 0 Å². The highest BCUT2D eigenvalue weighted by atomic mass is 79.9. The minimum absolute atomic E-state index is 0.00289. The van der Waals surface area contributed by atoms with Gasteiger partial charge in [-0.1, -0.05) is 36.7 Å². The largest absolute Gasteiger partial charge is 0.349 e. The number of rotatable bonds is 5. The Hall–Kier alpha value is -1.43. The van der Waals surface area contributed by atoms with Crippen LogP contribution in [0.1, 0.15) is 43.1 Å². The van der Waals surface area contributed by atoms with E-state index < -0.39 is 4.92 Å². The topological polar surface area (TPSA) is 72.2 Å². The van der Waals surface area contributed by atoms with E-state index in [4.69, 9.17) is 0 Å². The Morgan fingerprint density at radius 1 is 1.43 bits per heavy atom. The molecule has 116 valence electrons. The molecule has 1 aromatic rings. The number of amides is 1. The molecule has 1 aromatic carbocycles. The molecule has 1 unspecified atom stereocenters. The number of carbonyl (C=O) groups is 1. The number of alkyl halides is 1. The number of nitro groups is 1.